The fraction of sp³-hybridized carbons (Fsp3) is 0.667. The van der Waals surface area contributed by atoms with E-state index in [1.54, 1.807) is 12.5 Å². The summed E-state index contributed by atoms with van der Waals surface area (Å²) in [5, 5.41) is 3.02. The lowest BCUT2D eigenvalue weighted by molar-refractivity contribution is 0.0921. The van der Waals surface area contributed by atoms with Gasteiger partial charge in [0.05, 0.1) is 6.33 Å². The molecule has 1 aromatic rings. The Bertz CT molecular complexity index is 380. The number of hydrogen-bond donors (Lipinski definition) is 2. The molecule has 0 bridgehead atoms. The molecule has 0 atom stereocenters. The number of carbonyl (C=O) groups is 1. The second kappa shape index (κ2) is 5.31. The van der Waals surface area contributed by atoms with E-state index in [4.69, 9.17) is 5.73 Å². The first-order valence-corrected chi connectivity index (χ1v) is 6.27. The quantitative estimate of drug-likeness (QED) is 0.819. The summed E-state index contributed by atoms with van der Waals surface area (Å²) in [6.07, 6.45) is 7.40. The van der Waals surface area contributed by atoms with E-state index in [9.17, 15) is 4.79 Å². The molecular weight excluding hydrogens is 216 g/mol. The van der Waals surface area contributed by atoms with Gasteiger partial charge in [-0.3, -0.25) is 4.79 Å². The fourth-order valence-electron chi connectivity index (χ4n) is 2.17. The van der Waals surface area contributed by atoms with Crippen LogP contribution >= 0.6 is 0 Å². The maximum Gasteiger partial charge on any atom is 0.271 e. The predicted molar refractivity (Wildman–Crippen MR) is 65.6 cm³/mol. The van der Waals surface area contributed by atoms with Crippen molar-refractivity contribution in [2.75, 3.05) is 0 Å². The maximum atomic E-state index is 11.9. The Morgan fingerprint density at radius 2 is 2.24 bits per heavy atom. The van der Waals surface area contributed by atoms with Crippen molar-refractivity contribution in [1.29, 1.82) is 0 Å². The minimum atomic E-state index is -0.0716. The van der Waals surface area contributed by atoms with E-state index < -0.39 is 0 Å². The average Bonchev–Trinajstić information content (AvgIpc) is 2.81. The average molecular weight is 236 g/mol. The summed E-state index contributed by atoms with van der Waals surface area (Å²) in [4.78, 5) is 16.0. The minimum Gasteiger partial charge on any atom is -0.348 e. The van der Waals surface area contributed by atoms with E-state index in [1.165, 1.54) is 0 Å². The molecule has 0 spiro atoms. The third-order valence-corrected chi connectivity index (χ3v) is 3.34. The molecule has 0 unspecified atom stereocenters. The first-order valence-electron chi connectivity index (χ1n) is 6.27. The van der Waals surface area contributed by atoms with Crippen LogP contribution in [0, 0.1) is 0 Å². The third kappa shape index (κ3) is 3.06. The van der Waals surface area contributed by atoms with Crippen LogP contribution in [0.4, 0.5) is 0 Å². The molecule has 1 aliphatic rings. The Morgan fingerprint density at radius 1 is 1.53 bits per heavy atom. The van der Waals surface area contributed by atoms with Crippen LogP contribution < -0.4 is 11.1 Å². The maximum absolute atomic E-state index is 11.9. The predicted octanol–water partition coefficient (Wildman–Crippen LogP) is 0.903. The Morgan fingerprint density at radius 3 is 2.82 bits per heavy atom. The van der Waals surface area contributed by atoms with Crippen LogP contribution in [0.5, 0.6) is 0 Å². The lowest BCUT2D eigenvalue weighted by Gasteiger charge is -2.26. The lowest BCUT2D eigenvalue weighted by Crippen LogP contribution is -2.40. The van der Waals surface area contributed by atoms with Crippen LogP contribution in [0.15, 0.2) is 12.5 Å². The summed E-state index contributed by atoms with van der Waals surface area (Å²) < 4.78 is 1.89. The van der Waals surface area contributed by atoms with E-state index in [2.05, 4.69) is 10.3 Å². The SMILES string of the molecule is CCn1cnc(C(=O)N[C@H]2CC[C@H](N)CC2)c1. The van der Waals surface area contributed by atoms with Crippen LogP contribution in [0.1, 0.15) is 43.1 Å². The first kappa shape index (κ1) is 12.1. The van der Waals surface area contributed by atoms with Gasteiger partial charge in [-0.05, 0) is 32.6 Å². The number of aryl methyl sites for hydroxylation is 1. The topological polar surface area (TPSA) is 72.9 Å². The Balaban J connectivity index is 1.88. The second-order valence-electron chi connectivity index (χ2n) is 4.67. The van der Waals surface area contributed by atoms with E-state index in [-0.39, 0.29) is 11.9 Å². The van der Waals surface area contributed by atoms with Gasteiger partial charge >= 0.3 is 0 Å². The molecule has 0 saturated heterocycles. The van der Waals surface area contributed by atoms with Crippen molar-refractivity contribution in [2.45, 2.75) is 51.2 Å². The molecule has 5 heteroatoms. The number of amides is 1. The zero-order chi connectivity index (χ0) is 12.3. The summed E-state index contributed by atoms with van der Waals surface area (Å²) in [7, 11) is 0. The molecule has 1 amide bonds. The molecule has 1 fully saturated rings. The molecule has 2 rings (SSSR count). The van der Waals surface area contributed by atoms with Crippen molar-refractivity contribution in [2.24, 2.45) is 5.73 Å². The largest absolute Gasteiger partial charge is 0.348 e. The third-order valence-electron chi connectivity index (χ3n) is 3.34. The number of imidazole rings is 1. The van der Waals surface area contributed by atoms with Gasteiger partial charge in [0.1, 0.15) is 5.69 Å². The normalized spacial score (nSPS) is 24.6. The second-order valence-corrected chi connectivity index (χ2v) is 4.67. The number of hydrogen-bond acceptors (Lipinski definition) is 3. The monoisotopic (exact) mass is 236 g/mol. The molecule has 1 saturated carbocycles. The van der Waals surface area contributed by atoms with Crippen molar-refractivity contribution < 1.29 is 4.79 Å². The molecule has 0 aromatic carbocycles. The summed E-state index contributed by atoms with van der Waals surface area (Å²) in [6, 6.07) is 0.566. The van der Waals surface area contributed by atoms with E-state index in [0.29, 0.717) is 11.7 Å². The van der Waals surface area contributed by atoms with Crippen LogP contribution in [-0.4, -0.2) is 27.5 Å². The van der Waals surface area contributed by atoms with Crippen LogP contribution in [0.2, 0.25) is 0 Å². The number of carbonyl (C=O) groups excluding carboxylic acids is 1. The highest BCUT2D eigenvalue weighted by Gasteiger charge is 2.21. The van der Waals surface area contributed by atoms with Crippen LogP contribution in [0.3, 0.4) is 0 Å². The summed E-state index contributed by atoms with van der Waals surface area (Å²) in [5.41, 5.74) is 6.33. The van der Waals surface area contributed by atoms with Crippen molar-refractivity contribution >= 4 is 5.91 Å². The van der Waals surface area contributed by atoms with Gasteiger partial charge in [0.15, 0.2) is 0 Å². The van der Waals surface area contributed by atoms with Gasteiger partial charge in [0.25, 0.3) is 5.91 Å². The lowest BCUT2D eigenvalue weighted by atomic mass is 9.92. The van der Waals surface area contributed by atoms with Crippen molar-refractivity contribution in [1.82, 2.24) is 14.9 Å². The Kier molecular flexibility index (Phi) is 3.78. The number of rotatable bonds is 3. The number of nitrogens with one attached hydrogen (secondary N) is 1. The standard InChI is InChI=1S/C12H20N4O/c1-2-16-7-11(14-8-16)12(17)15-10-5-3-9(13)4-6-10/h7-10H,2-6,13H2,1H3,(H,15,17)/t9-,10-. The van der Waals surface area contributed by atoms with Gasteiger partial charge in [0, 0.05) is 24.8 Å². The molecule has 0 radical (unpaired) electrons. The smallest absolute Gasteiger partial charge is 0.271 e. The van der Waals surface area contributed by atoms with Gasteiger partial charge < -0.3 is 15.6 Å². The van der Waals surface area contributed by atoms with Gasteiger partial charge in [0.2, 0.25) is 0 Å². The molecule has 1 aliphatic carbocycles. The highest BCUT2D eigenvalue weighted by molar-refractivity contribution is 5.92. The van der Waals surface area contributed by atoms with Crippen LogP contribution in [-0.2, 0) is 6.54 Å². The Labute approximate surface area is 101 Å². The van der Waals surface area contributed by atoms with Crippen LogP contribution in [0.25, 0.3) is 0 Å². The molecule has 0 aliphatic heterocycles. The highest BCUT2D eigenvalue weighted by Crippen LogP contribution is 2.17. The van der Waals surface area contributed by atoms with E-state index in [0.717, 1.165) is 32.2 Å². The number of nitrogens with zero attached hydrogens (tertiary/aromatic N) is 2. The Hall–Kier alpha value is -1.36. The molecule has 17 heavy (non-hydrogen) atoms. The molecule has 5 nitrogen and oxygen atoms in total. The number of nitrogens with two attached hydrogens (primary N) is 1. The van der Waals surface area contributed by atoms with Gasteiger partial charge in [-0.25, -0.2) is 4.98 Å². The fourth-order valence-corrected chi connectivity index (χ4v) is 2.17. The molecule has 1 aromatic heterocycles. The van der Waals surface area contributed by atoms with Gasteiger partial charge in [-0.2, -0.15) is 0 Å². The van der Waals surface area contributed by atoms with E-state index >= 15 is 0 Å². The van der Waals surface area contributed by atoms with Crippen molar-refractivity contribution in [3.8, 4) is 0 Å². The highest BCUT2D eigenvalue weighted by atomic mass is 16.2. The van der Waals surface area contributed by atoms with E-state index in [1.807, 2.05) is 11.5 Å². The van der Waals surface area contributed by atoms with Gasteiger partial charge in [-0.1, -0.05) is 0 Å². The molecular formula is C12H20N4O. The summed E-state index contributed by atoms with van der Waals surface area (Å²) >= 11 is 0. The zero-order valence-corrected chi connectivity index (χ0v) is 10.2. The molecule has 94 valence electrons. The minimum absolute atomic E-state index is 0.0716. The van der Waals surface area contributed by atoms with Crippen molar-refractivity contribution in [3.63, 3.8) is 0 Å². The van der Waals surface area contributed by atoms with Gasteiger partial charge in [-0.15, -0.1) is 0 Å². The summed E-state index contributed by atoms with van der Waals surface area (Å²) in [5.74, 6) is -0.0716. The molecule has 1 heterocycles. The molecule has 3 N–H and O–H groups in total. The first-order chi connectivity index (χ1) is 8.19. The number of aromatic nitrogens is 2. The summed E-state index contributed by atoms with van der Waals surface area (Å²) in [6.45, 7) is 2.85. The van der Waals surface area contributed by atoms with Crippen molar-refractivity contribution in [3.05, 3.63) is 18.2 Å². The zero-order valence-electron chi connectivity index (χ0n) is 10.2.